The second kappa shape index (κ2) is 2.50. The van der Waals surface area contributed by atoms with Crippen molar-refractivity contribution in [2.75, 3.05) is 6.61 Å². The molecule has 1 heterocycles. The lowest BCUT2D eigenvalue weighted by molar-refractivity contribution is 0.242. The van der Waals surface area contributed by atoms with E-state index in [1.165, 1.54) is 0 Å². The van der Waals surface area contributed by atoms with Crippen LogP contribution in [0.25, 0.3) is 0 Å². The SMILES string of the molecule is C=C(CC)C1OC1CO. The Labute approximate surface area is 55.1 Å². The lowest BCUT2D eigenvalue weighted by Gasteiger charge is -1.91. The standard InChI is InChI=1S/C7H12O2/c1-3-5(2)7-6(4-8)9-7/h6-8H,2-4H2,1H3. The summed E-state index contributed by atoms with van der Waals surface area (Å²) in [6, 6.07) is 0. The maximum absolute atomic E-state index is 8.55. The first-order chi connectivity index (χ1) is 4.29. The lowest BCUT2D eigenvalue weighted by atomic mass is 10.1. The topological polar surface area (TPSA) is 32.8 Å². The molecule has 9 heavy (non-hydrogen) atoms. The fourth-order valence-electron chi connectivity index (χ4n) is 0.842. The number of epoxide rings is 1. The van der Waals surface area contributed by atoms with E-state index in [4.69, 9.17) is 9.84 Å². The molecule has 1 aliphatic heterocycles. The van der Waals surface area contributed by atoms with Gasteiger partial charge >= 0.3 is 0 Å². The highest BCUT2D eigenvalue weighted by Gasteiger charge is 2.39. The van der Waals surface area contributed by atoms with Crippen molar-refractivity contribution in [2.24, 2.45) is 0 Å². The van der Waals surface area contributed by atoms with Gasteiger partial charge in [0.1, 0.15) is 12.2 Å². The van der Waals surface area contributed by atoms with Crippen LogP contribution in [0.1, 0.15) is 13.3 Å². The Bertz CT molecular complexity index is 120. The molecule has 0 saturated carbocycles. The van der Waals surface area contributed by atoms with E-state index in [1.54, 1.807) is 0 Å². The molecule has 1 rings (SSSR count). The number of aliphatic hydroxyl groups is 1. The number of hydrogen-bond donors (Lipinski definition) is 1. The van der Waals surface area contributed by atoms with Gasteiger partial charge in [-0.2, -0.15) is 0 Å². The largest absolute Gasteiger partial charge is 0.394 e. The van der Waals surface area contributed by atoms with Crippen molar-refractivity contribution in [1.82, 2.24) is 0 Å². The Balaban J connectivity index is 2.25. The molecule has 1 N–H and O–H groups in total. The minimum Gasteiger partial charge on any atom is -0.394 e. The molecule has 1 aliphatic rings. The predicted octanol–water partition coefficient (Wildman–Crippen LogP) is 0.712. The first-order valence-corrected chi connectivity index (χ1v) is 3.23. The summed E-state index contributed by atoms with van der Waals surface area (Å²) in [5.74, 6) is 0. The van der Waals surface area contributed by atoms with E-state index in [1.807, 2.05) is 6.92 Å². The highest BCUT2D eigenvalue weighted by Crippen LogP contribution is 2.28. The summed E-state index contributed by atoms with van der Waals surface area (Å²) in [7, 11) is 0. The molecule has 52 valence electrons. The van der Waals surface area contributed by atoms with Gasteiger partial charge in [0.25, 0.3) is 0 Å². The van der Waals surface area contributed by atoms with Crippen LogP contribution in [0.2, 0.25) is 0 Å². The molecular formula is C7H12O2. The van der Waals surface area contributed by atoms with Crippen molar-refractivity contribution < 1.29 is 9.84 Å². The maximum atomic E-state index is 8.55. The van der Waals surface area contributed by atoms with Crippen LogP contribution in [0.5, 0.6) is 0 Å². The highest BCUT2D eigenvalue weighted by molar-refractivity contribution is 5.12. The third-order valence-electron chi connectivity index (χ3n) is 1.62. The van der Waals surface area contributed by atoms with E-state index in [0.717, 1.165) is 12.0 Å². The van der Waals surface area contributed by atoms with Gasteiger partial charge in [-0.15, -0.1) is 0 Å². The Morgan fingerprint density at radius 3 is 2.78 bits per heavy atom. The zero-order chi connectivity index (χ0) is 6.85. The predicted molar refractivity (Wildman–Crippen MR) is 35.2 cm³/mol. The Morgan fingerprint density at radius 2 is 2.44 bits per heavy atom. The van der Waals surface area contributed by atoms with Crippen LogP contribution in [0, 0.1) is 0 Å². The van der Waals surface area contributed by atoms with Gasteiger partial charge in [-0.3, -0.25) is 0 Å². The fourth-order valence-corrected chi connectivity index (χ4v) is 0.842. The van der Waals surface area contributed by atoms with E-state index < -0.39 is 0 Å². The van der Waals surface area contributed by atoms with Gasteiger partial charge in [0.2, 0.25) is 0 Å². The number of ether oxygens (including phenoxy) is 1. The van der Waals surface area contributed by atoms with E-state index in [-0.39, 0.29) is 18.8 Å². The summed E-state index contributed by atoms with van der Waals surface area (Å²) in [5, 5.41) is 8.55. The van der Waals surface area contributed by atoms with Crippen LogP contribution in [-0.4, -0.2) is 23.9 Å². The molecule has 0 aromatic rings. The Morgan fingerprint density at radius 1 is 1.78 bits per heavy atom. The Hall–Kier alpha value is -0.340. The van der Waals surface area contributed by atoms with Gasteiger partial charge in [0, 0.05) is 0 Å². The molecule has 2 unspecified atom stereocenters. The van der Waals surface area contributed by atoms with Crippen molar-refractivity contribution in [2.45, 2.75) is 25.6 Å². The molecule has 2 atom stereocenters. The minimum absolute atomic E-state index is 0.0532. The maximum Gasteiger partial charge on any atom is 0.111 e. The second-order valence-corrected chi connectivity index (χ2v) is 2.29. The number of hydrogen-bond acceptors (Lipinski definition) is 2. The van der Waals surface area contributed by atoms with Crippen LogP contribution >= 0.6 is 0 Å². The highest BCUT2D eigenvalue weighted by atomic mass is 16.6. The molecular weight excluding hydrogens is 116 g/mol. The fraction of sp³-hybridized carbons (Fsp3) is 0.714. The second-order valence-electron chi connectivity index (χ2n) is 2.29. The molecule has 0 radical (unpaired) electrons. The summed E-state index contributed by atoms with van der Waals surface area (Å²) in [6.45, 7) is 5.97. The molecule has 0 aromatic heterocycles. The molecule has 2 heteroatoms. The third kappa shape index (κ3) is 1.32. The average molecular weight is 128 g/mol. The lowest BCUT2D eigenvalue weighted by Crippen LogP contribution is -2.00. The smallest absolute Gasteiger partial charge is 0.111 e. The third-order valence-corrected chi connectivity index (χ3v) is 1.62. The van der Waals surface area contributed by atoms with E-state index in [2.05, 4.69) is 6.58 Å². The van der Waals surface area contributed by atoms with Crippen LogP contribution in [-0.2, 0) is 4.74 Å². The zero-order valence-corrected chi connectivity index (χ0v) is 5.63. The van der Waals surface area contributed by atoms with Gasteiger partial charge in [-0.1, -0.05) is 13.5 Å². The summed E-state index contributed by atoms with van der Waals surface area (Å²) in [4.78, 5) is 0. The van der Waals surface area contributed by atoms with Crippen molar-refractivity contribution in [3.05, 3.63) is 12.2 Å². The average Bonchev–Trinajstić information content (AvgIpc) is 2.64. The summed E-state index contributed by atoms with van der Waals surface area (Å²) < 4.78 is 5.07. The van der Waals surface area contributed by atoms with Gasteiger partial charge in [0.05, 0.1) is 6.61 Å². The van der Waals surface area contributed by atoms with Gasteiger partial charge < -0.3 is 9.84 Å². The summed E-state index contributed by atoms with van der Waals surface area (Å²) in [5.41, 5.74) is 1.09. The van der Waals surface area contributed by atoms with E-state index >= 15 is 0 Å². The van der Waals surface area contributed by atoms with Crippen LogP contribution < -0.4 is 0 Å². The molecule has 0 bridgehead atoms. The van der Waals surface area contributed by atoms with Crippen molar-refractivity contribution in [3.63, 3.8) is 0 Å². The molecule has 0 aliphatic carbocycles. The summed E-state index contributed by atoms with van der Waals surface area (Å²) in [6.07, 6.45) is 1.15. The van der Waals surface area contributed by atoms with Crippen molar-refractivity contribution >= 4 is 0 Å². The summed E-state index contributed by atoms with van der Waals surface area (Å²) >= 11 is 0. The molecule has 2 nitrogen and oxygen atoms in total. The van der Waals surface area contributed by atoms with Gasteiger partial charge in [0.15, 0.2) is 0 Å². The van der Waals surface area contributed by atoms with Crippen molar-refractivity contribution in [1.29, 1.82) is 0 Å². The number of rotatable bonds is 3. The van der Waals surface area contributed by atoms with Gasteiger partial charge in [-0.25, -0.2) is 0 Å². The normalized spacial score (nSPS) is 32.2. The van der Waals surface area contributed by atoms with Crippen LogP contribution in [0.3, 0.4) is 0 Å². The van der Waals surface area contributed by atoms with Crippen molar-refractivity contribution in [3.8, 4) is 0 Å². The molecule has 1 fully saturated rings. The number of aliphatic hydroxyl groups excluding tert-OH is 1. The molecule has 1 saturated heterocycles. The molecule has 0 spiro atoms. The van der Waals surface area contributed by atoms with Crippen LogP contribution in [0.4, 0.5) is 0 Å². The van der Waals surface area contributed by atoms with Gasteiger partial charge in [-0.05, 0) is 12.0 Å². The molecule has 0 amide bonds. The monoisotopic (exact) mass is 128 g/mol. The molecule has 0 aromatic carbocycles. The minimum atomic E-state index is 0.0532. The zero-order valence-electron chi connectivity index (χ0n) is 5.63. The quantitative estimate of drug-likeness (QED) is 0.448. The Kier molecular flexibility index (Phi) is 1.88. The van der Waals surface area contributed by atoms with E-state index in [9.17, 15) is 0 Å². The van der Waals surface area contributed by atoms with Crippen LogP contribution in [0.15, 0.2) is 12.2 Å². The van der Waals surface area contributed by atoms with E-state index in [0.29, 0.717) is 0 Å². The first-order valence-electron chi connectivity index (χ1n) is 3.23. The first kappa shape index (κ1) is 6.78.